The highest BCUT2D eigenvalue weighted by Crippen LogP contribution is 2.47. The Balaban J connectivity index is 1.17. The van der Waals surface area contributed by atoms with Gasteiger partial charge in [0, 0.05) is 10.9 Å². The van der Waals surface area contributed by atoms with Crippen LogP contribution in [0.4, 0.5) is 0 Å². The molecular formula is C51H31NO. The maximum atomic E-state index is 6.52. The Morgan fingerprint density at radius 3 is 1.57 bits per heavy atom. The minimum absolute atomic E-state index is 0.640. The first-order valence-electron chi connectivity index (χ1n) is 18.1. The lowest BCUT2D eigenvalue weighted by molar-refractivity contribution is 0.623. The van der Waals surface area contributed by atoms with E-state index in [1.165, 1.54) is 71.1 Å². The number of rotatable bonds is 4. The Labute approximate surface area is 306 Å². The molecule has 0 aliphatic heterocycles. The molecule has 2 heteroatoms. The zero-order valence-corrected chi connectivity index (χ0v) is 28.8. The summed E-state index contributed by atoms with van der Waals surface area (Å²) < 4.78 is 6.52. The van der Waals surface area contributed by atoms with Crippen LogP contribution in [0.15, 0.2) is 192 Å². The van der Waals surface area contributed by atoms with Crippen LogP contribution < -0.4 is 0 Å². The van der Waals surface area contributed by atoms with E-state index in [1.807, 2.05) is 30.3 Å². The van der Waals surface area contributed by atoms with Crippen molar-refractivity contribution in [2.45, 2.75) is 0 Å². The third kappa shape index (κ3) is 4.70. The molecule has 0 unspecified atom stereocenters. The second-order valence-electron chi connectivity index (χ2n) is 13.9. The van der Waals surface area contributed by atoms with Gasteiger partial charge < -0.3 is 4.42 Å². The highest BCUT2D eigenvalue weighted by atomic mass is 16.3. The summed E-state index contributed by atoms with van der Waals surface area (Å²) in [5, 5.41) is 12.0. The van der Waals surface area contributed by atoms with Crippen LogP contribution in [0.1, 0.15) is 0 Å². The van der Waals surface area contributed by atoms with Gasteiger partial charge in [-0.1, -0.05) is 152 Å². The second kappa shape index (κ2) is 11.8. The molecular weight excluding hydrogens is 643 g/mol. The molecule has 0 aliphatic carbocycles. The predicted octanol–water partition coefficient (Wildman–Crippen LogP) is 14.3. The van der Waals surface area contributed by atoms with E-state index in [-0.39, 0.29) is 0 Å². The normalized spacial score (nSPS) is 11.8. The van der Waals surface area contributed by atoms with Crippen LogP contribution in [0.25, 0.3) is 110 Å². The minimum atomic E-state index is 0.640. The fraction of sp³-hybridized carbons (Fsp3) is 0. The number of aromatic nitrogens is 1. The monoisotopic (exact) mass is 673 g/mol. The maximum Gasteiger partial charge on any atom is 0.227 e. The largest absolute Gasteiger partial charge is 0.435 e. The molecule has 0 saturated heterocycles. The average Bonchev–Trinajstić information content (AvgIpc) is 3.68. The number of nitrogens with zero attached hydrogens (tertiary/aromatic N) is 1. The van der Waals surface area contributed by atoms with Crippen LogP contribution in [-0.2, 0) is 0 Å². The van der Waals surface area contributed by atoms with E-state index < -0.39 is 0 Å². The highest BCUT2D eigenvalue weighted by molar-refractivity contribution is 6.24. The molecule has 53 heavy (non-hydrogen) atoms. The summed E-state index contributed by atoms with van der Waals surface area (Å²) in [7, 11) is 0. The van der Waals surface area contributed by atoms with Gasteiger partial charge in [0.25, 0.3) is 0 Å². The molecule has 10 aromatic carbocycles. The predicted molar refractivity (Wildman–Crippen MR) is 223 cm³/mol. The molecule has 246 valence electrons. The van der Waals surface area contributed by atoms with Crippen molar-refractivity contribution in [3.8, 4) is 44.8 Å². The van der Waals surface area contributed by atoms with Crippen molar-refractivity contribution in [3.05, 3.63) is 188 Å². The van der Waals surface area contributed by atoms with Gasteiger partial charge in [0.2, 0.25) is 5.89 Å². The van der Waals surface area contributed by atoms with Crippen LogP contribution >= 0.6 is 0 Å². The van der Waals surface area contributed by atoms with Gasteiger partial charge in [0.1, 0.15) is 5.52 Å². The number of benzene rings is 10. The van der Waals surface area contributed by atoms with Gasteiger partial charge in [-0.3, -0.25) is 0 Å². The quantitative estimate of drug-likeness (QED) is 0.137. The van der Waals surface area contributed by atoms with Crippen LogP contribution in [0, 0.1) is 0 Å². The summed E-state index contributed by atoms with van der Waals surface area (Å²) in [6.45, 7) is 0. The standard InChI is InChI=1S/C51H31NO/c1-3-13-32(14-4-1)44-30-35-17-7-8-18-36(35)31-45(44)49-42-21-11-9-19-40(42)47(41-20-10-12-22-43(41)49)38-25-27-39-37(29-38)24-23-33-26-28-46-50(48(33)39)53-51(52-46)34-15-5-2-6-16-34/h1-31H. The third-order valence-corrected chi connectivity index (χ3v) is 10.8. The van der Waals surface area contributed by atoms with Gasteiger partial charge in [0.15, 0.2) is 5.58 Å². The molecule has 0 aliphatic rings. The topological polar surface area (TPSA) is 26.0 Å². The smallest absolute Gasteiger partial charge is 0.227 e. The fourth-order valence-electron chi connectivity index (χ4n) is 8.42. The Morgan fingerprint density at radius 2 is 0.887 bits per heavy atom. The Morgan fingerprint density at radius 1 is 0.340 bits per heavy atom. The summed E-state index contributed by atoms with van der Waals surface area (Å²) in [6.07, 6.45) is 0. The minimum Gasteiger partial charge on any atom is -0.435 e. The third-order valence-electron chi connectivity index (χ3n) is 10.8. The van der Waals surface area contributed by atoms with E-state index >= 15 is 0 Å². The first-order chi connectivity index (χ1) is 26.3. The van der Waals surface area contributed by atoms with Crippen molar-refractivity contribution in [2.24, 2.45) is 0 Å². The second-order valence-corrected chi connectivity index (χ2v) is 13.9. The summed E-state index contributed by atoms with van der Waals surface area (Å²) >= 11 is 0. The van der Waals surface area contributed by atoms with Crippen molar-refractivity contribution in [1.82, 2.24) is 4.98 Å². The van der Waals surface area contributed by atoms with Gasteiger partial charge in [-0.25, -0.2) is 4.98 Å². The molecule has 11 aromatic rings. The molecule has 0 radical (unpaired) electrons. The maximum absolute atomic E-state index is 6.52. The molecule has 0 fully saturated rings. The molecule has 2 nitrogen and oxygen atoms in total. The Kier molecular flexibility index (Phi) is 6.59. The van der Waals surface area contributed by atoms with Gasteiger partial charge in [0.05, 0.1) is 0 Å². The number of hydrogen-bond acceptors (Lipinski definition) is 2. The van der Waals surface area contributed by atoms with Crippen molar-refractivity contribution in [2.75, 3.05) is 0 Å². The summed E-state index contributed by atoms with van der Waals surface area (Å²) in [6, 6.07) is 67.8. The van der Waals surface area contributed by atoms with Crippen molar-refractivity contribution in [1.29, 1.82) is 0 Å². The Bertz CT molecular complexity index is 3160. The lowest BCUT2D eigenvalue weighted by atomic mass is 9.82. The molecule has 0 saturated carbocycles. The van der Waals surface area contributed by atoms with E-state index in [0.717, 1.165) is 32.8 Å². The lowest BCUT2D eigenvalue weighted by Gasteiger charge is -2.20. The van der Waals surface area contributed by atoms with Gasteiger partial charge >= 0.3 is 0 Å². The molecule has 1 heterocycles. The molecule has 0 N–H and O–H groups in total. The molecule has 0 spiro atoms. The van der Waals surface area contributed by atoms with Crippen LogP contribution in [0.3, 0.4) is 0 Å². The first kappa shape index (κ1) is 29.7. The van der Waals surface area contributed by atoms with E-state index in [4.69, 9.17) is 9.40 Å². The SMILES string of the molecule is c1ccc(-c2nc3ccc4ccc5cc(-c6c7ccccc7c(-c7cc8ccccc8cc7-c7ccccc7)c7ccccc67)ccc5c4c3o2)cc1. The molecule has 11 rings (SSSR count). The number of hydrogen-bond donors (Lipinski definition) is 0. The highest BCUT2D eigenvalue weighted by Gasteiger charge is 2.20. The van der Waals surface area contributed by atoms with E-state index in [9.17, 15) is 0 Å². The van der Waals surface area contributed by atoms with Crippen molar-refractivity contribution >= 4 is 65.0 Å². The van der Waals surface area contributed by atoms with E-state index in [2.05, 4.69) is 158 Å². The molecule has 1 aromatic heterocycles. The average molecular weight is 674 g/mol. The van der Waals surface area contributed by atoms with Crippen LogP contribution in [0.5, 0.6) is 0 Å². The van der Waals surface area contributed by atoms with Gasteiger partial charge in [-0.15, -0.1) is 0 Å². The van der Waals surface area contributed by atoms with E-state index in [1.54, 1.807) is 0 Å². The molecule has 0 bridgehead atoms. The van der Waals surface area contributed by atoms with E-state index in [0.29, 0.717) is 5.89 Å². The zero-order chi connectivity index (χ0) is 34.9. The number of fused-ring (bicyclic) bond motifs is 8. The summed E-state index contributed by atoms with van der Waals surface area (Å²) in [4.78, 5) is 4.88. The van der Waals surface area contributed by atoms with Crippen LogP contribution in [-0.4, -0.2) is 4.98 Å². The molecule has 0 atom stereocenters. The summed E-state index contributed by atoms with van der Waals surface area (Å²) in [5.41, 5.74) is 10.0. The zero-order valence-electron chi connectivity index (χ0n) is 28.8. The number of oxazole rings is 1. The van der Waals surface area contributed by atoms with Crippen molar-refractivity contribution < 1.29 is 4.42 Å². The first-order valence-corrected chi connectivity index (χ1v) is 18.1. The fourth-order valence-corrected chi connectivity index (χ4v) is 8.42. The van der Waals surface area contributed by atoms with Gasteiger partial charge in [-0.2, -0.15) is 0 Å². The van der Waals surface area contributed by atoms with Crippen molar-refractivity contribution in [3.63, 3.8) is 0 Å². The molecule has 0 amide bonds. The lowest BCUT2D eigenvalue weighted by Crippen LogP contribution is -1.93. The van der Waals surface area contributed by atoms with Gasteiger partial charge in [-0.05, 0) is 118 Å². The summed E-state index contributed by atoms with van der Waals surface area (Å²) in [5.74, 6) is 0.640. The van der Waals surface area contributed by atoms with Crippen LogP contribution in [0.2, 0.25) is 0 Å². The Hall–Kier alpha value is -7.03.